The van der Waals surface area contributed by atoms with Crippen LogP contribution in [0.3, 0.4) is 0 Å². The Bertz CT molecular complexity index is 1370. The molecule has 0 saturated heterocycles. The molecule has 3 rings (SSSR count). The van der Waals surface area contributed by atoms with Crippen LogP contribution in [0.5, 0.6) is 5.75 Å². The lowest BCUT2D eigenvalue weighted by atomic mass is 10.1. The van der Waals surface area contributed by atoms with Crippen molar-refractivity contribution in [3.8, 4) is 5.75 Å². The Labute approximate surface area is 211 Å². The lowest BCUT2D eigenvalue weighted by Crippen LogP contribution is -2.30. The number of benzene rings is 3. The van der Waals surface area contributed by atoms with Crippen molar-refractivity contribution in [1.29, 1.82) is 0 Å². The summed E-state index contributed by atoms with van der Waals surface area (Å²) in [5.41, 5.74) is 1.92. The number of amides is 1. The number of nitrogens with one attached hydrogen (secondary N) is 1. The SMILES string of the molecule is CCOc1ccc(S(=O)(=O)CC(c2ccc(CNS(=O)(=O)c3ccc(C)cc3)cc2)N(O)C=O)cc1. The van der Waals surface area contributed by atoms with E-state index in [9.17, 15) is 26.8 Å². The Hall–Kier alpha value is -3.25. The molecule has 0 heterocycles. The first-order valence-corrected chi connectivity index (χ1v) is 14.2. The fraction of sp³-hybridized carbons (Fsp3) is 0.240. The summed E-state index contributed by atoms with van der Waals surface area (Å²) in [6.07, 6.45) is 0.141. The quantitative estimate of drug-likeness (QED) is 0.208. The standard InChI is InChI=1S/C25H28N2O7S2/c1-3-34-22-10-14-23(15-11-22)35(30,31)17-25(27(29)18-28)21-8-6-20(7-9-21)16-26-36(32,33)24-12-4-19(2)5-13-24/h4-15,18,25-26,29H,3,16-17H2,1-2H3. The van der Waals surface area contributed by atoms with Crippen LogP contribution in [0.25, 0.3) is 0 Å². The number of carbonyl (C=O) groups is 1. The third-order valence-electron chi connectivity index (χ3n) is 5.46. The number of carbonyl (C=O) groups excluding carboxylic acids is 1. The molecule has 0 aliphatic heterocycles. The lowest BCUT2D eigenvalue weighted by molar-refractivity contribution is -0.158. The summed E-state index contributed by atoms with van der Waals surface area (Å²) in [5.74, 6) is -0.0337. The van der Waals surface area contributed by atoms with Gasteiger partial charge in [-0.2, -0.15) is 0 Å². The second kappa shape index (κ2) is 11.7. The van der Waals surface area contributed by atoms with Gasteiger partial charge in [-0.05, 0) is 61.4 Å². The molecule has 0 aliphatic rings. The summed E-state index contributed by atoms with van der Waals surface area (Å²) in [4.78, 5) is 11.5. The zero-order valence-corrected chi connectivity index (χ0v) is 21.5. The number of rotatable bonds is 12. The monoisotopic (exact) mass is 532 g/mol. The molecular formula is C25H28N2O7S2. The minimum absolute atomic E-state index is 0.00214. The largest absolute Gasteiger partial charge is 0.494 e. The van der Waals surface area contributed by atoms with Crippen LogP contribution >= 0.6 is 0 Å². The molecule has 0 fully saturated rings. The predicted molar refractivity (Wildman–Crippen MR) is 134 cm³/mol. The number of ether oxygens (including phenoxy) is 1. The van der Waals surface area contributed by atoms with Crippen molar-refractivity contribution in [3.05, 3.63) is 89.5 Å². The van der Waals surface area contributed by atoms with Crippen LogP contribution in [-0.2, 0) is 31.2 Å². The summed E-state index contributed by atoms with van der Waals surface area (Å²) >= 11 is 0. The van der Waals surface area contributed by atoms with Gasteiger partial charge in [0, 0.05) is 6.54 Å². The minimum Gasteiger partial charge on any atom is -0.494 e. The second-order valence-electron chi connectivity index (χ2n) is 8.07. The molecule has 0 spiro atoms. The number of sulfonamides is 1. The maximum atomic E-state index is 13.0. The molecule has 9 nitrogen and oxygen atoms in total. The zero-order valence-electron chi connectivity index (χ0n) is 19.9. The Morgan fingerprint density at radius 2 is 1.50 bits per heavy atom. The van der Waals surface area contributed by atoms with Gasteiger partial charge in [0.1, 0.15) is 5.75 Å². The minimum atomic E-state index is -3.88. The van der Waals surface area contributed by atoms with Gasteiger partial charge in [-0.15, -0.1) is 0 Å². The van der Waals surface area contributed by atoms with Crippen LogP contribution in [0.1, 0.15) is 29.7 Å². The fourth-order valence-electron chi connectivity index (χ4n) is 3.45. The number of hydrogen-bond donors (Lipinski definition) is 2. The van der Waals surface area contributed by atoms with Crippen molar-refractivity contribution in [1.82, 2.24) is 9.79 Å². The highest BCUT2D eigenvalue weighted by Gasteiger charge is 2.27. The van der Waals surface area contributed by atoms with Gasteiger partial charge in [-0.25, -0.2) is 26.6 Å². The van der Waals surface area contributed by atoms with E-state index in [-0.39, 0.29) is 22.7 Å². The van der Waals surface area contributed by atoms with Crippen molar-refractivity contribution in [3.63, 3.8) is 0 Å². The predicted octanol–water partition coefficient (Wildman–Crippen LogP) is 3.23. The highest BCUT2D eigenvalue weighted by Crippen LogP contribution is 2.25. The smallest absolute Gasteiger partial charge is 0.240 e. The van der Waals surface area contributed by atoms with Gasteiger partial charge in [0.2, 0.25) is 16.4 Å². The average molecular weight is 533 g/mol. The molecule has 36 heavy (non-hydrogen) atoms. The first-order valence-electron chi connectivity index (χ1n) is 11.1. The van der Waals surface area contributed by atoms with Crippen molar-refractivity contribution >= 4 is 26.3 Å². The maximum Gasteiger partial charge on any atom is 0.240 e. The van der Waals surface area contributed by atoms with Crippen LogP contribution in [0.4, 0.5) is 0 Å². The van der Waals surface area contributed by atoms with E-state index < -0.39 is 31.7 Å². The van der Waals surface area contributed by atoms with Crippen LogP contribution < -0.4 is 9.46 Å². The van der Waals surface area contributed by atoms with E-state index in [4.69, 9.17) is 4.74 Å². The number of nitrogens with zero attached hydrogens (tertiary/aromatic N) is 1. The molecule has 1 amide bonds. The van der Waals surface area contributed by atoms with Gasteiger partial charge in [0.15, 0.2) is 9.84 Å². The van der Waals surface area contributed by atoms with Crippen LogP contribution in [-0.4, -0.2) is 45.9 Å². The molecule has 0 aromatic heterocycles. The summed E-state index contributed by atoms with van der Waals surface area (Å²) in [5, 5.41) is 10.4. The number of hydroxylamine groups is 2. The van der Waals surface area contributed by atoms with E-state index in [1.165, 1.54) is 36.4 Å². The molecule has 1 unspecified atom stereocenters. The van der Waals surface area contributed by atoms with Crippen molar-refractivity contribution in [2.24, 2.45) is 0 Å². The third-order valence-corrected chi connectivity index (χ3v) is 8.62. The topological polar surface area (TPSA) is 130 Å². The van der Waals surface area contributed by atoms with Crippen LogP contribution in [0, 0.1) is 6.92 Å². The van der Waals surface area contributed by atoms with E-state index in [0.29, 0.717) is 28.5 Å². The van der Waals surface area contributed by atoms with Crippen LogP contribution in [0.15, 0.2) is 82.6 Å². The second-order valence-corrected chi connectivity index (χ2v) is 11.9. The van der Waals surface area contributed by atoms with E-state index in [0.717, 1.165) is 5.56 Å². The molecule has 11 heteroatoms. The van der Waals surface area contributed by atoms with E-state index in [1.54, 1.807) is 36.4 Å². The van der Waals surface area contributed by atoms with Gasteiger partial charge in [-0.1, -0.05) is 42.0 Å². The Kier molecular flexibility index (Phi) is 8.85. The molecule has 3 aromatic carbocycles. The first kappa shape index (κ1) is 27.3. The average Bonchev–Trinajstić information content (AvgIpc) is 2.87. The Balaban J connectivity index is 1.74. The highest BCUT2D eigenvalue weighted by molar-refractivity contribution is 7.91. The lowest BCUT2D eigenvalue weighted by Gasteiger charge is -2.23. The molecule has 192 valence electrons. The van der Waals surface area contributed by atoms with Gasteiger partial charge < -0.3 is 4.74 Å². The zero-order chi connectivity index (χ0) is 26.3. The number of hydrogen-bond acceptors (Lipinski definition) is 7. The van der Waals surface area contributed by atoms with Crippen molar-refractivity contribution in [2.45, 2.75) is 36.2 Å². The summed E-state index contributed by atoms with van der Waals surface area (Å²) in [6.45, 7) is 4.12. The van der Waals surface area contributed by atoms with Crippen molar-refractivity contribution in [2.75, 3.05) is 12.4 Å². The summed E-state index contributed by atoms with van der Waals surface area (Å²) in [6, 6.07) is 17.5. The Morgan fingerprint density at radius 3 is 2.06 bits per heavy atom. The number of sulfone groups is 1. The normalized spacial score (nSPS) is 12.6. The van der Waals surface area contributed by atoms with E-state index >= 15 is 0 Å². The molecule has 0 saturated carbocycles. The number of aryl methyl sites for hydroxylation is 1. The molecule has 0 aliphatic carbocycles. The van der Waals surface area contributed by atoms with Gasteiger partial charge in [0.05, 0.1) is 28.2 Å². The third kappa shape index (κ3) is 6.91. The first-order chi connectivity index (χ1) is 17.1. The Morgan fingerprint density at radius 1 is 0.917 bits per heavy atom. The van der Waals surface area contributed by atoms with Gasteiger partial charge in [0.25, 0.3) is 0 Å². The molecule has 3 aromatic rings. The molecule has 0 bridgehead atoms. The highest BCUT2D eigenvalue weighted by atomic mass is 32.2. The van der Waals surface area contributed by atoms with E-state index in [1.807, 2.05) is 13.8 Å². The maximum absolute atomic E-state index is 13.0. The van der Waals surface area contributed by atoms with Crippen LogP contribution in [0.2, 0.25) is 0 Å². The summed E-state index contributed by atoms with van der Waals surface area (Å²) < 4.78 is 58.8. The molecule has 0 radical (unpaired) electrons. The molecule has 1 atom stereocenters. The fourth-order valence-corrected chi connectivity index (χ4v) is 5.97. The van der Waals surface area contributed by atoms with E-state index in [2.05, 4.69) is 4.72 Å². The van der Waals surface area contributed by atoms with Gasteiger partial charge >= 0.3 is 0 Å². The summed E-state index contributed by atoms with van der Waals surface area (Å²) in [7, 11) is -7.59. The molecule has 2 N–H and O–H groups in total. The van der Waals surface area contributed by atoms with Gasteiger partial charge in [-0.3, -0.25) is 10.0 Å². The van der Waals surface area contributed by atoms with Crippen molar-refractivity contribution < 1.29 is 31.6 Å². The molecular weight excluding hydrogens is 504 g/mol.